The lowest BCUT2D eigenvalue weighted by Crippen LogP contribution is -2.36. The highest BCUT2D eigenvalue weighted by Gasteiger charge is 2.33. The fourth-order valence-corrected chi connectivity index (χ4v) is 6.34. The summed E-state index contributed by atoms with van der Waals surface area (Å²) in [5.74, 6) is 1.64. The summed E-state index contributed by atoms with van der Waals surface area (Å²) in [6.45, 7) is 11.1. The quantitative estimate of drug-likeness (QED) is 0.253. The number of nitrogens with one attached hydrogen (secondary N) is 1. The lowest BCUT2D eigenvalue weighted by molar-refractivity contribution is -0.340. The fourth-order valence-electron chi connectivity index (χ4n) is 6.34. The van der Waals surface area contributed by atoms with Crippen LogP contribution in [-0.4, -0.2) is 23.4 Å². The van der Waals surface area contributed by atoms with Gasteiger partial charge >= 0.3 is 0 Å². The largest absolute Gasteiger partial charge is 0.357 e. The molecule has 5 heteroatoms. The number of hydrogen-bond donors (Lipinski definition) is 1. The summed E-state index contributed by atoms with van der Waals surface area (Å²) in [4.78, 5) is 20.5. The zero-order valence-corrected chi connectivity index (χ0v) is 23.5. The second kappa shape index (κ2) is 11.6. The van der Waals surface area contributed by atoms with Gasteiger partial charge in [-0.2, -0.15) is 5.26 Å². The van der Waals surface area contributed by atoms with E-state index in [0.29, 0.717) is 24.0 Å². The number of benzene rings is 2. The van der Waals surface area contributed by atoms with Crippen LogP contribution in [0.15, 0.2) is 76.9 Å². The van der Waals surface area contributed by atoms with Gasteiger partial charge in [-0.05, 0) is 61.6 Å². The Hall–Kier alpha value is -3.72. The Morgan fingerprint density at radius 2 is 1.56 bits per heavy atom. The first-order chi connectivity index (χ1) is 18.9. The van der Waals surface area contributed by atoms with Crippen LogP contribution >= 0.6 is 0 Å². The summed E-state index contributed by atoms with van der Waals surface area (Å²) >= 11 is 0. The molecule has 2 atom stereocenters. The second-order valence-electron chi connectivity index (χ2n) is 11.2. The van der Waals surface area contributed by atoms with Crippen LogP contribution in [-0.2, 0) is 9.78 Å². The van der Waals surface area contributed by atoms with Gasteiger partial charge in [0, 0.05) is 33.8 Å². The number of aromatic amines is 1. The van der Waals surface area contributed by atoms with Crippen LogP contribution < -0.4 is 0 Å². The molecule has 3 aromatic rings. The van der Waals surface area contributed by atoms with Crippen molar-refractivity contribution in [1.29, 1.82) is 5.26 Å². The lowest BCUT2D eigenvalue weighted by Gasteiger charge is -2.36. The highest BCUT2D eigenvalue weighted by atomic mass is 17.2. The zero-order chi connectivity index (χ0) is 27.5. The number of rotatable bonds is 7. The highest BCUT2D eigenvalue weighted by Crippen LogP contribution is 2.39. The molecule has 0 saturated heterocycles. The van der Waals surface area contributed by atoms with E-state index in [1.807, 2.05) is 62.4 Å². The van der Waals surface area contributed by atoms with Gasteiger partial charge in [0.15, 0.2) is 0 Å². The van der Waals surface area contributed by atoms with Gasteiger partial charge in [-0.25, -0.2) is 9.78 Å². The lowest BCUT2D eigenvalue weighted by atomic mass is 9.75. The highest BCUT2D eigenvalue weighted by molar-refractivity contribution is 6.14. The predicted molar refractivity (Wildman–Crippen MR) is 158 cm³/mol. The molecule has 1 fully saturated rings. The molecule has 2 heterocycles. The number of H-pyrrole nitrogens is 1. The van der Waals surface area contributed by atoms with E-state index in [1.54, 1.807) is 0 Å². The van der Waals surface area contributed by atoms with Gasteiger partial charge in [-0.3, -0.25) is 4.99 Å². The van der Waals surface area contributed by atoms with Gasteiger partial charge in [0.25, 0.3) is 0 Å². The molecule has 0 spiro atoms. The Morgan fingerprint density at radius 1 is 0.949 bits per heavy atom. The molecule has 1 aliphatic heterocycles. The molecule has 0 bridgehead atoms. The monoisotopic (exact) mass is 519 g/mol. The zero-order valence-electron chi connectivity index (χ0n) is 23.5. The van der Waals surface area contributed by atoms with Gasteiger partial charge in [-0.15, -0.1) is 0 Å². The van der Waals surface area contributed by atoms with E-state index in [2.05, 4.69) is 50.0 Å². The molecule has 2 aromatic carbocycles. The minimum absolute atomic E-state index is 0.0929. The number of aryl methyl sites for hydroxylation is 1. The van der Waals surface area contributed by atoms with Gasteiger partial charge in [0.2, 0.25) is 0 Å². The smallest absolute Gasteiger partial charge is 0.110 e. The number of nitriles is 1. The van der Waals surface area contributed by atoms with Gasteiger partial charge in [0.1, 0.15) is 12.7 Å². The third-order valence-corrected chi connectivity index (χ3v) is 8.07. The van der Waals surface area contributed by atoms with Crippen molar-refractivity contribution in [2.75, 3.05) is 6.61 Å². The first kappa shape index (κ1) is 26.9. The maximum Gasteiger partial charge on any atom is 0.110 e. The van der Waals surface area contributed by atoms with Crippen LogP contribution in [0.2, 0.25) is 0 Å². The first-order valence-corrected chi connectivity index (χ1v) is 13.9. The van der Waals surface area contributed by atoms with Gasteiger partial charge < -0.3 is 4.98 Å². The number of aromatic nitrogens is 1. The minimum Gasteiger partial charge on any atom is -0.357 e. The van der Waals surface area contributed by atoms with Crippen LogP contribution in [0, 0.1) is 36.0 Å². The Labute approximate surface area is 231 Å². The summed E-state index contributed by atoms with van der Waals surface area (Å²) in [5, 5.41) is 9.95. The van der Waals surface area contributed by atoms with Crippen molar-refractivity contribution in [3.8, 4) is 17.2 Å². The SMILES string of the molecule is CC1=N/C(=C\c2[nH]c(C)c(C#N)c2-c2ccccc2)C(c2ccccc2)=C1COOC1C(C)CC(C)CC1C. The van der Waals surface area contributed by atoms with E-state index >= 15 is 0 Å². The third kappa shape index (κ3) is 5.54. The van der Waals surface area contributed by atoms with Crippen molar-refractivity contribution < 1.29 is 9.78 Å². The van der Waals surface area contributed by atoms with Crippen LogP contribution in [0.1, 0.15) is 63.1 Å². The maximum atomic E-state index is 9.95. The molecule has 1 N–H and O–H groups in total. The summed E-state index contributed by atoms with van der Waals surface area (Å²) < 4.78 is 0. The fraction of sp³-hybridized carbons (Fsp3) is 0.353. The first-order valence-electron chi connectivity index (χ1n) is 13.9. The Morgan fingerprint density at radius 3 is 2.18 bits per heavy atom. The van der Waals surface area contributed by atoms with Crippen molar-refractivity contribution in [3.05, 3.63) is 94.4 Å². The van der Waals surface area contributed by atoms with E-state index in [4.69, 9.17) is 14.8 Å². The van der Waals surface area contributed by atoms with Crippen LogP contribution in [0.3, 0.4) is 0 Å². The molecular formula is C34H37N3O2. The van der Waals surface area contributed by atoms with E-state index in [0.717, 1.165) is 69.4 Å². The molecule has 0 radical (unpaired) electrons. The van der Waals surface area contributed by atoms with Crippen LogP contribution in [0.4, 0.5) is 0 Å². The van der Waals surface area contributed by atoms with Crippen molar-refractivity contribution in [3.63, 3.8) is 0 Å². The van der Waals surface area contributed by atoms with Crippen LogP contribution in [0.5, 0.6) is 0 Å². The Bertz CT molecular complexity index is 1450. The summed E-state index contributed by atoms with van der Waals surface area (Å²) in [6.07, 6.45) is 4.47. The standard InChI is InChI=1S/C34H37N3O2/c1-21-16-22(2)34(23(3)17-21)39-38-20-29-25(5)37-31(33(29)27-14-10-7-11-15-27)18-30-32(26-12-8-6-9-13-26)28(19-35)24(4)36-30/h6-15,18,21-23,34,36H,16-17,20H2,1-5H3/b31-18-. The molecule has 1 saturated carbocycles. The summed E-state index contributed by atoms with van der Waals surface area (Å²) in [5.41, 5.74) is 9.12. The van der Waals surface area contributed by atoms with Gasteiger partial charge in [0.05, 0.1) is 17.4 Å². The summed E-state index contributed by atoms with van der Waals surface area (Å²) in [6, 6.07) is 22.7. The number of aliphatic imine (C=N–C) groups is 1. The third-order valence-electron chi connectivity index (χ3n) is 8.07. The molecule has 1 aromatic heterocycles. The second-order valence-corrected chi connectivity index (χ2v) is 11.2. The van der Waals surface area contributed by atoms with E-state index < -0.39 is 0 Å². The Kier molecular flexibility index (Phi) is 7.97. The molecule has 200 valence electrons. The van der Waals surface area contributed by atoms with Crippen molar-refractivity contribution in [2.45, 2.75) is 53.6 Å². The molecule has 0 amide bonds. The Balaban J connectivity index is 1.51. The molecule has 2 aliphatic rings. The van der Waals surface area contributed by atoms with Crippen molar-refractivity contribution in [1.82, 2.24) is 4.98 Å². The molecule has 39 heavy (non-hydrogen) atoms. The average molecular weight is 520 g/mol. The number of allylic oxidation sites excluding steroid dienone is 1. The van der Waals surface area contributed by atoms with Crippen molar-refractivity contribution in [2.24, 2.45) is 22.7 Å². The summed E-state index contributed by atoms with van der Waals surface area (Å²) in [7, 11) is 0. The minimum atomic E-state index is 0.0929. The van der Waals surface area contributed by atoms with E-state index in [-0.39, 0.29) is 6.10 Å². The predicted octanol–water partition coefficient (Wildman–Crippen LogP) is 8.15. The average Bonchev–Trinajstić information content (AvgIpc) is 3.41. The molecule has 2 unspecified atom stereocenters. The van der Waals surface area contributed by atoms with Crippen molar-refractivity contribution >= 4 is 17.4 Å². The molecule has 5 nitrogen and oxygen atoms in total. The topological polar surface area (TPSA) is 70.4 Å². The van der Waals surface area contributed by atoms with E-state index in [9.17, 15) is 5.26 Å². The van der Waals surface area contributed by atoms with Gasteiger partial charge in [-0.1, -0.05) is 81.4 Å². The number of nitrogens with zero attached hydrogens (tertiary/aromatic N) is 2. The van der Waals surface area contributed by atoms with Crippen LogP contribution in [0.25, 0.3) is 22.8 Å². The van der Waals surface area contributed by atoms with E-state index in [1.165, 1.54) is 0 Å². The molecule has 5 rings (SSSR count). The maximum absolute atomic E-state index is 9.95. The molecule has 1 aliphatic carbocycles. The normalized spacial score (nSPS) is 24.2. The molecular weight excluding hydrogens is 482 g/mol. The number of hydrogen-bond acceptors (Lipinski definition) is 4.